The highest BCUT2D eigenvalue weighted by atomic mass is 35.5. The molecule has 1 aromatic rings. The van der Waals surface area contributed by atoms with Crippen LogP contribution in [0.2, 0.25) is 0 Å². The molecule has 112 valence electrons. The van der Waals surface area contributed by atoms with Crippen molar-refractivity contribution in [3.63, 3.8) is 0 Å². The molecular weight excluding hydrogens is 272 g/mol. The maximum atomic E-state index is 12.6. The smallest absolute Gasteiger partial charge is 0.227 e. The third-order valence-electron chi connectivity index (χ3n) is 3.86. The predicted molar refractivity (Wildman–Crippen MR) is 84.8 cm³/mol. The minimum atomic E-state index is -0.228. The van der Waals surface area contributed by atoms with Gasteiger partial charge >= 0.3 is 0 Å². The van der Waals surface area contributed by atoms with Gasteiger partial charge in [0.05, 0.1) is 5.92 Å². The summed E-state index contributed by atoms with van der Waals surface area (Å²) in [6, 6.07) is 10.3. The van der Waals surface area contributed by atoms with Crippen molar-refractivity contribution in [2.45, 2.75) is 51.7 Å². The average molecular weight is 297 g/mol. The molecule has 0 radical (unpaired) electrons. The fourth-order valence-corrected chi connectivity index (χ4v) is 2.56. The van der Waals surface area contributed by atoms with E-state index in [1.807, 2.05) is 42.2 Å². The maximum absolute atomic E-state index is 12.6. The van der Waals surface area contributed by atoms with Gasteiger partial charge in [0, 0.05) is 18.1 Å². The van der Waals surface area contributed by atoms with Crippen molar-refractivity contribution < 1.29 is 4.79 Å². The highest BCUT2D eigenvalue weighted by molar-refractivity contribution is 5.85. The number of halogens is 1. The Hall–Kier alpha value is -1.06. The maximum Gasteiger partial charge on any atom is 0.227 e. The zero-order valence-electron chi connectivity index (χ0n) is 12.5. The number of benzene rings is 1. The van der Waals surface area contributed by atoms with Crippen molar-refractivity contribution in [1.29, 1.82) is 0 Å². The molecule has 1 fully saturated rings. The van der Waals surface area contributed by atoms with Crippen LogP contribution in [0.4, 0.5) is 0 Å². The number of rotatable bonds is 5. The molecule has 1 aliphatic carbocycles. The first-order valence-electron chi connectivity index (χ1n) is 7.15. The van der Waals surface area contributed by atoms with E-state index < -0.39 is 0 Å². The van der Waals surface area contributed by atoms with Gasteiger partial charge in [-0.25, -0.2) is 0 Å². The van der Waals surface area contributed by atoms with Crippen molar-refractivity contribution in [2.75, 3.05) is 0 Å². The van der Waals surface area contributed by atoms with Crippen LogP contribution >= 0.6 is 12.4 Å². The predicted octanol–water partition coefficient (Wildman–Crippen LogP) is 3.14. The molecule has 0 spiro atoms. The monoisotopic (exact) mass is 296 g/mol. The fourth-order valence-electron chi connectivity index (χ4n) is 2.56. The number of amides is 1. The summed E-state index contributed by atoms with van der Waals surface area (Å²) < 4.78 is 0. The Morgan fingerprint density at radius 3 is 2.20 bits per heavy atom. The zero-order chi connectivity index (χ0) is 14.0. The van der Waals surface area contributed by atoms with Crippen LogP contribution in [0.3, 0.4) is 0 Å². The van der Waals surface area contributed by atoms with Crippen molar-refractivity contribution in [3.05, 3.63) is 35.9 Å². The lowest BCUT2D eigenvalue weighted by Gasteiger charge is -2.31. The van der Waals surface area contributed by atoms with Gasteiger partial charge in [-0.2, -0.15) is 0 Å². The SMILES string of the molecule is CC(C(=O)N(C(C)C)C1CC1)C(N)c1ccccc1.Cl. The molecule has 4 heteroatoms. The topological polar surface area (TPSA) is 46.3 Å². The number of hydrogen-bond acceptors (Lipinski definition) is 2. The summed E-state index contributed by atoms with van der Waals surface area (Å²) in [6.07, 6.45) is 2.27. The van der Waals surface area contributed by atoms with Crippen molar-refractivity contribution in [1.82, 2.24) is 4.90 Å². The lowest BCUT2D eigenvalue weighted by molar-refractivity contribution is -0.138. The zero-order valence-corrected chi connectivity index (χ0v) is 13.3. The van der Waals surface area contributed by atoms with Gasteiger partial charge < -0.3 is 10.6 Å². The Kier molecular flexibility index (Phi) is 6.03. The Balaban J connectivity index is 0.00000200. The molecule has 1 aliphatic rings. The molecule has 2 N–H and O–H groups in total. The van der Waals surface area contributed by atoms with Gasteiger partial charge in [0.2, 0.25) is 5.91 Å². The van der Waals surface area contributed by atoms with E-state index in [9.17, 15) is 4.79 Å². The van der Waals surface area contributed by atoms with Gasteiger partial charge in [0.15, 0.2) is 0 Å². The molecule has 1 saturated carbocycles. The van der Waals surface area contributed by atoms with E-state index in [0.717, 1.165) is 18.4 Å². The van der Waals surface area contributed by atoms with Crippen LogP contribution in [0.1, 0.15) is 45.2 Å². The highest BCUT2D eigenvalue weighted by Crippen LogP contribution is 2.32. The molecule has 0 heterocycles. The van der Waals surface area contributed by atoms with Crippen LogP contribution in [0.5, 0.6) is 0 Å². The van der Waals surface area contributed by atoms with E-state index in [2.05, 4.69) is 13.8 Å². The quantitative estimate of drug-likeness (QED) is 0.907. The second kappa shape index (κ2) is 7.09. The standard InChI is InChI=1S/C16H24N2O.ClH/c1-11(2)18(14-9-10-14)16(19)12(3)15(17)13-7-5-4-6-8-13;/h4-8,11-12,14-15H,9-10,17H2,1-3H3;1H. The Labute approximate surface area is 127 Å². The van der Waals surface area contributed by atoms with E-state index >= 15 is 0 Å². The molecule has 0 saturated heterocycles. The van der Waals surface area contributed by atoms with E-state index in [1.54, 1.807) is 0 Å². The molecule has 2 unspecified atom stereocenters. The van der Waals surface area contributed by atoms with Crippen molar-refractivity contribution in [3.8, 4) is 0 Å². The second-order valence-corrected chi connectivity index (χ2v) is 5.80. The van der Waals surface area contributed by atoms with Crippen LogP contribution in [0, 0.1) is 5.92 Å². The summed E-state index contributed by atoms with van der Waals surface area (Å²) in [4.78, 5) is 14.6. The normalized spacial score (nSPS) is 17.2. The fraction of sp³-hybridized carbons (Fsp3) is 0.562. The van der Waals surface area contributed by atoms with Crippen LogP contribution in [0.25, 0.3) is 0 Å². The molecule has 20 heavy (non-hydrogen) atoms. The summed E-state index contributed by atoms with van der Waals surface area (Å²) in [5.41, 5.74) is 7.28. The number of carbonyl (C=O) groups excluding carboxylic acids is 1. The van der Waals surface area contributed by atoms with Crippen molar-refractivity contribution in [2.24, 2.45) is 11.7 Å². The Morgan fingerprint density at radius 2 is 1.75 bits per heavy atom. The minimum Gasteiger partial charge on any atom is -0.337 e. The molecule has 0 aromatic heterocycles. The van der Waals surface area contributed by atoms with Gasteiger partial charge in [-0.05, 0) is 32.3 Å². The van der Waals surface area contributed by atoms with Crippen LogP contribution in [0.15, 0.2) is 30.3 Å². The molecule has 1 amide bonds. The summed E-state index contributed by atoms with van der Waals surface area (Å²) in [5, 5.41) is 0. The third-order valence-corrected chi connectivity index (χ3v) is 3.86. The molecule has 0 aliphatic heterocycles. The van der Waals surface area contributed by atoms with Crippen molar-refractivity contribution >= 4 is 18.3 Å². The molecule has 3 nitrogen and oxygen atoms in total. The first kappa shape index (κ1) is 17.0. The Morgan fingerprint density at radius 1 is 1.20 bits per heavy atom. The number of nitrogens with two attached hydrogens (primary N) is 1. The Bertz CT molecular complexity index is 429. The summed E-state index contributed by atoms with van der Waals surface area (Å²) >= 11 is 0. The first-order chi connectivity index (χ1) is 9.02. The second-order valence-electron chi connectivity index (χ2n) is 5.80. The first-order valence-corrected chi connectivity index (χ1v) is 7.15. The molecular formula is C16H25ClN2O. The molecule has 2 atom stereocenters. The van der Waals surface area contributed by atoms with E-state index in [-0.39, 0.29) is 36.3 Å². The van der Waals surface area contributed by atoms with Crippen LogP contribution in [-0.4, -0.2) is 22.9 Å². The summed E-state index contributed by atoms with van der Waals surface area (Å²) in [6.45, 7) is 6.10. The molecule has 1 aromatic carbocycles. The number of nitrogens with zero attached hydrogens (tertiary/aromatic N) is 1. The van der Waals surface area contributed by atoms with E-state index in [4.69, 9.17) is 5.73 Å². The van der Waals surface area contributed by atoms with Crippen LogP contribution < -0.4 is 5.73 Å². The van der Waals surface area contributed by atoms with Gasteiger partial charge in [0.1, 0.15) is 0 Å². The van der Waals surface area contributed by atoms with E-state index in [0.29, 0.717) is 6.04 Å². The minimum absolute atomic E-state index is 0. The molecule has 2 rings (SSSR count). The van der Waals surface area contributed by atoms with Gasteiger partial charge in [-0.3, -0.25) is 4.79 Å². The van der Waals surface area contributed by atoms with Gasteiger partial charge in [-0.15, -0.1) is 12.4 Å². The number of hydrogen-bond donors (Lipinski definition) is 1. The highest BCUT2D eigenvalue weighted by Gasteiger charge is 2.37. The summed E-state index contributed by atoms with van der Waals surface area (Å²) in [7, 11) is 0. The molecule has 0 bridgehead atoms. The third kappa shape index (κ3) is 3.74. The lowest BCUT2D eigenvalue weighted by Crippen LogP contribution is -2.44. The summed E-state index contributed by atoms with van der Waals surface area (Å²) in [5.74, 6) is 0.0132. The average Bonchev–Trinajstić information content (AvgIpc) is 3.22. The number of carbonyl (C=O) groups is 1. The van der Waals surface area contributed by atoms with E-state index in [1.165, 1.54) is 0 Å². The lowest BCUT2D eigenvalue weighted by atomic mass is 9.93. The largest absolute Gasteiger partial charge is 0.337 e. The van der Waals surface area contributed by atoms with Gasteiger partial charge in [-0.1, -0.05) is 37.3 Å². The van der Waals surface area contributed by atoms with Gasteiger partial charge in [0.25, 0.3) is 0 Å². The van der Waals surface area contributed by atoms with Crippen LogP contribution in [-0.2, 0) is 4.79 Å².